The summed E-state index contributed by atoms with van der Waals surface area (Å²) in [6.45, 7) is 7.21. The minimum absolute atomic E-state index is 0.134. The Morgan fingerprint density at radius 1 is 1.24 bits per heavy atom. The van der Waals surface area contributed by atoms with Crippen LogP contribution in [0.3, 0.4) is 0 Å². The molecule has 1 saturated heterocycles. The second kappa shape index (κ2) is 5.94. The third-order valence-corrected chi connectivity index (χ3v) is 4.75. The summed E-state index contributed by atoms with van der Waals surface area (Å²) in [6, 6.07) is 2.17. The molecular weight excluding hydrogens is 318 g/mol. The summed E-state index contributed by atoms with van der Waals surface area (Å²) >= 11 is 0. The molecular formula is C17H21N7O. The quantitative estimate of drug-likeness (QED) is 0.710. The van der Waals surface area contributed by atoms with E-state index in [1.807, 2.05) is 37.9 Å². The summed E-state index contributed by atoms with van der Waals surface area (Å²) in [5.41, 5.74) is 1.78. The lowest BCUT2D eigenvalue weighted by Crippen LogP contribution is -2.41. The predicted molar refractivity (Wildman–Crippen MR) is 91.4 cm³/mol. The molecule has 1 fully saturated rings. The van der Waals surface area contributed by atoms with Gasteiger partial charge in [0, 0.05) is 36.9 Å². The van der Waals surface area contributed by atoms with Crippen LogP contribution in [0.2, 0.25) is 0 Å². The second-order valence-electron chi connectivity index (χ2n) is 6.62. The van der Waals surface area contributed by atoms with Crippen molar-refractivity contribution >= 4 is 11.7 Å². The summed E-state index contributed by atoms with van der Waals surface area (Å²) < 4.78 is 3.77. The van der Waals surface area contributed by atoms with Crippen LogP contribution in [0.25, 0.3) is 5.78 Å². The number of piperidine rings is 1. The number of hydrogen-bond acceptors (Lipinski definition) is 5. The lowest BCUT2D eigenvalue weighted by molar-refractivity contribution is 0.0666. The molecule has 4 rings (SSSR count). The number of hydrogen-bond donors (Lipinski definition) is 0. The summed E-state index contributed by atoms with van der Waals surface area (Å²) in [6.07, 6.45) is 5.78. The zero-order valence-corrected chi connectivity index (χ0v) is 14.7. The number of amides is 1. The number of imidazole rings is 1. The van der Waals surface area contributed by atoms with Gasteiger partial charge < -0.3 is 9.47 Å². The molecule has 0 unspecified atom stereocenters. The Balaban J connectivity index is 1.60. The van der Waals surface area contributed by atoms with Crippen LogP contribution in [0.15, 0.2) is 18.5 Å². The first-order valence-electron chi connectivity index (χ1n) is 8.52. The molecule has 0 bridgehead atoms. The van der Waals surface area contributed by atoms with Crippen molar-refractivity contribution in [3.63, 3.8) is 0 Å². The van der Waals surface area contributed by atoms with Crippen molar-refractivity contribution in [2.75, 3.05) is 13.1 Å². The van der Waals surface area contributed by atoms with E-state index in [0.29, 0.717) is 12.3 Å². The number of carbonyl (C=O) groups excluding carboxylic acids is 1. The van der Waals surface area contributed by atoms with Crippen LogP contribution in [0.5, 0.6) is 0 Å². The maximum absolute atomic E-state index is 12.9. The fraction of sp³-hybridized carbons (Fsp3) is 0.471. The molecule has 1 amide bonds. The standard InChI is InChI=1S/C17H21N7O/c1-11-9-12(2)24-17(19-11)20-15(21-24)16(25)22-7-4-5-14(10-22)23-8-6-18-13(23)3/h6,8-9,14H,4-5,7,10H2,1-3H3/t14-/m1/s1. The van der Waals surface area contributed by atoms with Gasteiger partial charge in [-0.05, 0) is 39.7 Å². The van der Waals surface area contributed by atoms with Crippen molar-refractivity contribution in [3.05, 3.63) is 41.5 Å². The number of aryl methyl sites for hydroxylation is 3. The molecule has 1 aliphatic heterocycles. The molecule has 3 aromatic heterocycles. The Bertz CT molecular complexity index is 942. The van der Waals surface area contributed by atoms with E-state index >= 15 is 0 Å². The first kappa shape index (κ1) is 15.7. The number of fused-ring (bicyclic) bond motifs is 1. The molecule has 25 heavy (non-hydrogen) atoms. The molecule has 1 atom stereocenters. The van der Waals surface area contributed by atoms with E-state index in [1.165, 1.54) is 0 Å². The fourth-order valence-electron chi connectivity index (χ4n) is 3.54. The van der Waals surface area contributed by atoms with Crippen LogP contribution < -0.4 is 0 Å². The van der Waals surface area contributed by atoms with Gasteiger partial charge in [0.25, 0.3) is 11.7 Å². The van der Waals surface area contributed by atoms with Crippen molar-refractivity contribution in [1.82, 2.24) is 34.0 Å². The third kappa shape index (κ3) is 2.77. The van der Waals surface area contributed by atoms with Gasteiger partial charge in [-0.1, -0.05) is 0 Å². The van der Waals surface area contributed by atoms with E-state index in [4.69, 9.17) is 0 Å². The molecule has 0 aliphatic carbocycles. The van der Waals surface area contributed by atoms with E-state index in [9.17, 15) is 4.79 Å². The Morgan fingerprint density at radius 2 is 2.08 bits per heavy atom. The molecule has 4 heterocycles. The van der Waals surface area contributed by atoms with Gasteiger partial charge in [-0.25, -0.2) is 14.5 Å². The normalized spacial score (nSPS) is 18.0. The number of nitrogens with zero attached hydrogens (tertiary/aromatic N) is 7. The SMILES string of the molecule is Cc1cc(C)n2nc(C(=O)N3CCC[C@@H](n4ccnc4C)C3)nc2n1. The highest BCUT2D eigenvalue weighted by molar-refractivity contribution is 5.91. The second-order valence-corrected chi connectivity index (χ2v) is 6.62. The highest BCUT2D eigenvalue weighted by atomic mass is 16.2. The fourth-order valence-corrected chi connectivity index (χ4v) is 3.54. The summed E-state index contributed by atoms with van der Waals surface area (Å²) in [5.74, 6) is 1.52. The first-order chi connectivity index (χ1) is 12.0. The molecule has 1 aliphatic rings. The predicted octanol–water partition coefficient (Wildman–Crippen LogP) is 1.72. The number of aromatic nitrogens is 6. The van der Waals surface area contributed by atoms with Crippen molar-refractivity contribution < 1.29 is 4.79 Å². The number of likely N-dealkylation sites (tertiary alicyclic amines) is 1. The molecule has 130 valence electrons. The van der Waals surface area contributed by atoms with Crippen LogP contribution in [-0.2, 0) is 0 Å². The van der Waals surface area contributed by atoms with Crippen LogP contribution in [0.1, 0.15) is 46.7 Å². The molecule has 3 aromatic rings. The monoisotopic (exact) mass is 339 g/mol. The van der Waals surface area contributed by atoms with Gasteiger partial charge in [0.2, 0.25) is 5.82 Å². The smallest absolute Gasteiger partial charge is 0.293 e. The van der Waals surface area contributed by atoms with Crippen LogP contribution in [0.4, 0.5) is 0 Å². The Labute approximate surface area is 145 Å². The van der Waals surface area contributed by atoms with Gasteiger partial charge in [-0.2, -0.15) is 4.98 Å². The highest BCUT2D eigenvalue weighted by Crippen LogP contribution is 2.23. The zero-order chi connectivity index (χ0) is 17.6. The molecule has 8 nitrogen and oxygen atoms in total. The van der Waals surface area contributed by atoms with Gasteiger partial charge in [-0.3, -0.25) is 4.79 Å². The minimum atomic E-state index is -0.134. The molecule has 0 aromatic carbocycles. The van der Waals surface area contributed by atoms with E-state index in [2.05, 4.69) is 24.6 Å². The van der Waals surface area contributed by atoms with Gasteiger partial charge in [0.15, 0.2) is 0 Å². The molecule has 0 spiro atoms. The molecule has 8 heteroatoms. The molecule has 0 N–H and O–H groups in total. The van der Waals surface area contributed by atoms with Gasteiger partial charge in [-0.15, -0.1) is 5.10 Å². The lowest BCUT2D eigenvalue weighted by Gasteiger charge is -2.33. The van der Waals surface area contributed by atoms with Crippen molar-refractivity contribution in [2.24, 2.45) is 0 Å². The molecule has 0 saturated carbocycles. The van der Waals surface area contributed by atoms with Gasteiger partial charge in [0.1, 0.15) is 5.82 Å². The van der Waals surface area contributed by atoms with E-state index in [0.717, 1.165) is 36.6 Å². The largest absolute Gasteiger partial charge is 0.334 e. The zero-order valence-electron chi connectivity index (χ0n) is 14.7. The van der Waals surface area contributed by atoms with E-state index in [1.54, 1.807) is 10.7 Å². The Kier molecular flexibility index (Phi) is 3.74. The van der Waals surface area contributed by atoms with Gasteiger partial charge in [0.05, 0.1) is 6.04 Å². The van der Waals surface area contributed by atoms with E-state index < -0.39 is 0 Å². The average molecular weight is 339 g/mol. The van der Waals surface area contributed by atoms with Crippen molar-refractivity contribution in [2.45, 2.75) is 39.7 Å². The van der Waals surface area contributed by atoms with Crippen LogP contribution >= 0.6 is 0 Å². The maximum atomic E-state index is 12.9. The van der Waals surface area contributed by atoms with Crippen LogP contribution in [0, 0.1) is 20.8 Å². The Morgan fingerprint density at radius 3 is 2.84 bits per heavy atom. The average Bonchev–Trinajstić information content (AvgIpc) is 3.20. The third-order valence-electron chi connectivity index (χ3n) is 4.75. The number of carbonyl (C=O) groups is 1. The molecule has 0 radical (unpaired) electrons. The minimum Gasteiger partial charge on any atom is -0.334 e. The lowest BCUT2D eigenvalue weighted by atomic mass is 10.1. The Hall–Kier alpha value is -2.77. The topological polar surface area (TPSA) is 81.2 Å². The first-order valence-corrected chi connectivity index (χ1v) is 8.52. The summed E-state index contributed by atoms with van der Waals surface area (Å²) in [7, 11) is 0. The van der Waals surface area contributed by atoms with E-state index in [-0.39, 0.29) is 17.8 Å². The number of rotatable bonds is 2. The highest BCUT2D eigenvalue weighted by Gasteiger charge is 2.28. The van der Waals surface area contributed by atoms with Crippen LogP contribution in [-0.4, -0.2) is 53.0 Å². The van der Waals surface area contributed by atoms with Crippen molar-refractivity contribution in [1.29, 1.82) is 0 Å². The van der Waals surface area contributed by atoms with Crippen molar-refractivity contribution in [3.8, 4) is 0 Å². The van der Waals surface area contributed by atoms with Gasteiger partial charge >= 0.3 is 0 Å². The maximum Gasteiger partial charge on any atom is 0.293 e. The summed E-state index contributed by atoms with van der Waals surface area (Å²) in [4.78, 5) is 27.7. The summed E-state index contributed by atoms with van der Waals surface area (Å²) in [5, 5.41) is 4.37.